The number of carbonyl (C=O) groups excluding carboxylic acids is 3. The number of hydrogen-bond acceptors (Lipinski definition) is 6. The van der Waals surface area contributed by atoms with Crippen molar-refractivity contribution in [2.45, 2.75) is 51.7 Å². The highest BCUT2D eigenvalue weighted by atomic mass is 16.4. The van der Waals surface area contributed by atoms with Gasteiger partial charge in [-0.05, 0) is 36.1 Å². The van der Waals surface area contributed by atoms with Gasteiger partial charge in [0.25, 0.3) is 5.91 Å². The maximum atomic E-state index is 13.4. The first kappa shape index (κ1) is 27.8. The number of fused-ring (bicyclic) bond motifs is 1. The Kier molecular flexibility index (Phi) is 8.92. The van der Waals surface area contributed by atoms with E-state index in [1.807, 2.05) is 52.3 Å². The molecule has 3 amide bonds. The van der Waals surface area contributed by atoms with Crippen molar-refractivity contribution in [2.75, 3.05) is 19.6 Å². The van der Waals surface area contributed by atoms with Gasteiger partial charge in [-0.2, -0.15) is 0 Å². The van der Waals surface area contributed by atoms with Crippen LogP contribution in [0.3, 0.4) is 0 Å². The predicted octanol–water partition coefficient (Wildman–Crippen LogP) is 1.95. The number of aromatic nitrogens is 2. The fourth-order valence-electron chi connectivity index (χ4n) is 5.08. The zero-order valence-electron chi connectivity index (χ0n) is 22.2. The highest BCUT2D eigenvalue weighted by Crippen LogP contribution is 2.23. The number of carbonyl (C=O) groups is 4. The van der Waals surface area contributed by atoms with Crippen LogP contribution in [0.25, 0.3) is 10.8 Å². The minimum atomic E-state index is -1.25. The van der Waals surface area contributed by atoms with Crippen molar-refractivity contribution in [3.05, 3.63) is 66.2 Å². The molecular weight excluding hydrogens is 500 g/mol. The number of benzene rings is 2. The van der Waals surface area contributed by atoms with E-state index < -0.39 is 23.8 Å². The van der Waals surface area contributed by atoms with E-state index in [1.165, 1.54) is 13.8 Å². The third-order valence-electron chi connectivity index (χ3n) is 6.99. The molecule has 1 aliphatic heterocycles. The van der Waals surface area contributed by atoms with Crippen LogP contribution in [0.1, 0.15) is 37.9 Å². The number of carboxylic acid groups (broad SMARTS) is 1. The molecule has 0 spiro atoms. The van der Waals surface area contributed by atoms with Crippen LogP contribution in [-0.2, 0) is 32.1 Å². The summed E-state index contributed by atoms with van der Waals surface area (Å²) >= 11 is 0. The number of amides is 3. The second-order valence-corrected chi connectivity index (χ2v) is 9.89. The highest BCUT2D eigenvalue weighted by molar-refractivity contribution is 5.88. The molecule has 11 nitrogen and oxygen atoms in total. The Balaban J connectivity index is 1.58. The molecule has 3 aromatic rings. The van der Waals surface area contributed by atoms with E-state index in [0.717, 1.165) is 39.9 Å². The number of aromatic amines is 1. The van der Waals surface area contributed by atoms with Crippen molar-refractivity contribution in [3.8, 4) is 0 Å². The largest absolute Gasteiger partial charge is 0.480 e. The van der Waals surface area contributed by atoms with E-state index in [2.05, 4.69) is 15.4 Å². The summed E-state index contributed by atoms with van der Waals surface area (Å²) in [6.07, 6.45) is 5.03. The molecule has 2 heterocycles. The van der Waals surface area contributed by atoms with Crippen molar-refractivity contribution >= 4 is 34.5 Å². The number of rotatable bonds is 10. The van der Waals surface area contributed by atoms with Crippen LogP contribution in [-0.4, -0.2) is 85.3 Å². The first-order valence-electron chi connectivity index (χ1n) is 13.0. The number of carboxylic acids is 1. The van der Waals surface area contributed by atoms with Gasteiger partial charge in [0.2, 0.25) is 11.8 Å². The molecular formula is C28H34N6O5. The van der Waals surface area contributed by atoms with Gasteiger partial charge >= 0.3 is 5.97 Å². The van der Waals surface area contributed by atoms with E-state index in [4.69, 9.17) is 0 Å². The van der Waals surface area contributed by atoms with Gasteiger partial charge < -0.3 is 15.0 Å². The zero-order chi connectivity index (χ0) is 27.9. The van der Waals surface area contributed by atoms with Gasteiger partial charge in [0.1, 0.15) is 6.04 Å². The minimum Gasteiger partial charge on any atom is -0.480 e. The third kappa shape index (κ3) is 6.99. The highest BCUT2D eigenvalue weighted by Gasteiger charge is 2.33. The normalized spacial score (nSPS) is 15.9. The summed E-state index contributed by atoms with van der Waals surface area (Å²) in [5.41, 5.74) is 4.11. The van der Waals surface area contributed by atoms with Gasteiger partial charge in [0, 0.05) is 44.5 Å². The lowest BCUT2D eigenvalue weighted by Crippen LogP contribution is -2.56. The Morgan fingerprint density at radius 2 is 1.95 bits per heavy atom. The number of nitrogens with one attached hydrogen (secondary N) is 2. The molecule has 1 fully saturated rings. The first-order chi connectivity index (χ1) is 18.7. The summed E-state index contributed by atoms with van der Waals surface area (Å²) in [7, 11) is 0. The van der Waals surface area contributed by atoms with Crippen molar-refractivity contribution in [1.82, 2.24) is 30.2 Å². The van der Waals surface area contributed by atoms with Gasteiger partial charge in [0.15, 0.2) is 0 Å². The summed E-state index contributed by atoms with van der Waals surface area (Å²) in [4.78, 5) is 60.7. The Morgan fingerprint density at radius 3 is 2.67 bits per heavy atom. The van der Waals surface area contributed by atoms with E-state index in [-0.39, 0.29) is 24.9 Å². The number of imidazole rings is 1. The molecule has 1 aliphatic rings. The molecule has 0 unspecified atom stereocenters. The van der Waals surface area contributed by atoms with E-state index in [0.29, 0.717) is 19.6 Å². The molecule has 2 aromatic carbocycles. The minimum absolute atomic E-state index is 0.0161. The zero-order valence-corrected chi connectivity index (χ0v) is 22.2. The molecule has 3 N–H and O–H groups in total. The summed E-state index contributed by atoms with van der Waals surface area (Å²) in [6.45, 7) is 3.88. The van der Waals surface area contributed by atoms with Gasteiger partial charge in [0.05, 0.1) is 19.3 Å². The van der Waals surface area contributed by atoms with Crippen LogP contribution in [0.4, 0.5) is 0 Å². The van der Waals surface area contributed by atoms with Crippen LogP contribution in [0.2, 0.25) is 0 Å². The summed E-state index contributed by atoms with van der Waals surface area (Å²) < 4.78 is 0. The predicted molar refractivity (Wildman–Crippen MR) is 144 cm³/mol. The first-order valence-corrected chi connectivity index (χ1v) is 13.0. The van der Waals surface area contributed by atoms with E-state index in [1.54, 1.807) is 12.5 Å². The SMILES string of the molecule is CC(=O)NN(C(=O)CN(Cc1cccc2ccccc12)C[C@@H]1CCCN1C(=O)Cc1cnc[nH]1)[C@@H](C)C(=O)O. The van der Waals surface area contributed by atoms with Crippen LogP contribution < -0.4 is 5.43 Å². The fraction of sp³-hybridized carbons (Fsp3) is 0.393. The average molecular weight is 535 g/mol. The number of aliphatic carboxylic acids is 1. The molecule has 0 aliphatic carbocycles. The van der Waals surface area contributed by atoms with Crippen LogP contribution in [0.5, 0.6) is 0 Å². The molecule has 2 atom stereocenters. The Bertz CT molecular complexity index is 1320. The molecule has 1 aromatic heterocycles. The Morgan fingerprint density at radius 1 is 1.18 bits per heavy atom. The third-order valence-corrected chi connectivity index (χ3v) is 6.99. The maximum absolute atomic E-state index is 13.4. The lowest BCUT2D eigenvalue weighted by Gasteiger charge is -2.33. The molecule has 0 bridgehead atoms. The molecule has 39 heavy (non-hydrogen) atoms. The van der Waals surface area contributed by atoms with Crippen LogP contribution in [0, 0.1) is 0 Å². The van der Waals surface area contributed by atoms with Crippen molar-refractivity contribution < 1.29 is 24.3 Å². The molecule has 11 heteroatoms. The Labute approximate surface area is 226 Å². The van der Waals surface area contributed by atoms with Crippen molar-refractivity contribution in [2.24, 2.45) is 0 Å². The lowest BCUT2D eigenvalue weighted by molar-refractivity contribution is -0.155. The Hall–Kier alpha value is -4.25. The van der Waals surface area contributed by atoms with E-state index >= 15 is 0 Å². The van der Waals surface area contributed by atoms with Crippen molar-refractivity contribution in [3.63, 3.8) is 0 Å². The summed E-state index contributed by atoms with van der Waals surface area (Å²) in [6, 6.07) is 12.6. The van der Waals surface area contributed by atoms with Crippen LogP contribution in [0.15, 0.2) is 55.0 Å². The average Bonchev–Trinajstić information content (AvgIpc) is 3.59. The second-order valence-electron chi connectivity index (χ2n) is 9.89. The maximum Gasteiger partial charge on any atom is 0.328 e. The number of hydrazine groups is 1. The number of H-pyrrole nitrogens is 1. The fourth-order valence-corrected chi connectivity index (χ4v) is 5.08. The monoisotopic (exact) mass is 534 g/mol. The second kappa shape index (κ2) is 12.5. The van der Waals surface area contributed by atoms with Crippen LogP contribution >= 0.6 is 0 Å². The van der Waals surface area contributed by atoms with Gasteiger partial charge in [-0.25, -0.2) is 14.8 Å². The number of nitrogens with zero attached hydrogens (tertiary/aromatic N) is 4. The van der Waals surface area contributed by atoms with Gasteiger partial charge in [-0.15, -0.1) is 0 Å². The topological polar surface area (TPSA) is 139 Å². The van der Waals surface area contributed by atoms with E-state index in [9.17, 15) is 24.3 Å². The summed E-state index contributed by atoms with van der Waals surface area (Å²) in [5, 5.41) is 12.5. The molecule has 206 valence electrons. The van der Waals surface area contributed by atoms with Gasteiger partial charge in [-0.3, -0.25) is 24.7 Å². The number of likely N-dealkylation sites (tertiary alicyclic amines) is 1. The molecule has 0 radical (unpaired) electrons. The summed E-state index contributed by atoms with van der Waals surface area (Å²) in [5.74, 6) is -2.33. The lowest BCUT2D eigenvalue weighted by atomic mass is 10.0. The molecule has 1 saturated heterocycles. The molecule has 4 rings (SSSR count). The quantitative estimate of drug-likeness (QED) is 0.338. The molecule has 0 saturated carbocycles. The van der Waals surface area contributed by atoms with Crippen molar-refractivity contribution in [1.29, 1.82) is 0 Å². The smallest absolute Gasteiger partial charge is 0.328 e. The number of hydrogen-bond donors (Lipinski definition) is 3. The standard InChI is InChI=1S/C28H34N6O5/c1-19(28(38)39)34(31-20(2)35)27(37)17-32(15-22-9-5-8-21-7-3-4-11-25(21)22)16-24-10-6-12-33(24)26(36)13-23-14-29-18-30-23/h3-5,7-9,11,14,18-19,24H,6,10,12-13,15-17H2,1-2H3,(H,29,30)(H,31,35)(H,38,39)/t19-,24-/m0/s1. The van der Waals surface area contributed by atoms with Gasteiger partial charge in [-0.1, -0.05) is 42.5 Å².